The SMILES string of the molecule is Cn1nc(-c2ccccc2Cl)cc1C(=O)N1CCC2(CC1)OCCO2. The average Bonchev–Trinajstić information content (AvgIpc) is 3.22. The number of rotatable bonds is 2. The van der Waals surface area contributed by atoms with Gasteiger partial charge in [0.1, 0.15) is 5.69 Å². The van der Waals surface area contributed by atoms with Crippen molar-refractivity contribution >= 4 is 17.5 Å². The first kappa shape index (κ1) is 16.6. The van der Waals surface area contributed by atoms with Crippen molar-refractivity contribution in [2.75, 3.05) is 26.3 Å². The minimum absolute atomic E-state index is 0.0267. The third-order valence-electron chi connectivity index (χ3n) is 4.87. The van der Waals surface area contributed by atoms with E-state index < -0.39 is 5.79 Å². The minimum Gasteiger partial charge on any atom is -0.347 e. The largest absolute Gasteiger partial charge is 0.347 e. The van der Waals surface area contributed by atoms with E-state index in [1.807, 2.05) is 29.2 Å². The summed E-state index contributed by atoms with van der Waals surface area (Å²) in [6.07, 6.45) is 1.40. The fourth-order valence-corrected chi connectivity index (χ4v) is 3.70. The van der Waals surface area contributed by atoms with Gasteiger partial charge in [-0.2, -0.15) is 5.10 Å². The Bertz CT molecular complexity index is 789. The lowest BCUT2D eigenvalue weighted by Gasteiger charge is -2.37. The van der Waals surface area contributed by atoms with Crippen LogP contribution in [0.5, 0.6) is 0 Å². The molecule has 1 amide bonds. The Balaban J connectivity index is 1.52. The molecule has 4 rings (SSSR count). The summed E-state index contributed by atoms with van der Waals surface area (Å²) >= 11 is 6.25. The number of benzene rings is 1. The van der Waals surface area contributed by atoms with Crippen LogP contribution in [0.15, 0.2) is 30.3 Å². The number of nitrogens with zero attached hydrogens (tertiary/aromatic N) is 3. The van der Waals surface area contributed by atoms with Gasteiger partial charge in [0.25, 0.3) is 5.91 Å². The predicted octanol–water partition coefficient (Wildman–Crippen LogP) is 2.72. The third-order valence-corrected chi connectivity index (χ3v) is 5.20. The normalized spacial score (nSPS) is 19.5. The van der Waals surface area contributed by atoms with Crippen LogP contribution in [0.3, 0.4) is 0 Å². The van der Waals surface area contributed by atoms with E-state index in [9.17, 15) is 4.79 Å². The van der Waals surface area contributed by atoms with Crippen LogP contribution in [0, 0.1) is 0 Å². The zero-order chi connectivity index (χ0) is 17.4. The second-order valence-electron chi connectivity index (χ2n) is 6.42. The zero-order valence-corrected chi connectivity index (χ0v) is 14.8. The summed E-state index contributed by atoms with van der Waals surface area (Å²) < 4.78 is 13.1. The first-order valence-electron chi connectivity index (χ1n) is 8.44. The van der Waals surface area contributed by atoms with Gasteiger partial charge in [0.15, 0.2) is 5.79 Å². The summed E-state index contributed by atoms with van der Waals surface area (Å²) in [6, 6.07) is 9.30. The maximum atomic E-state index is 12.9. The highest BCUT2D eigenvalue weighted by atomic mass is 35.5. The van der Waals surface area contributed by atoms with Crippen LogP contribution < -0.4 is 0 Å². The summed E-state index contributed by atoms with van der Waals surface area (Å²) in [5.41, 5.74) is 2.08. The molecular weight excluding hydrogens is 342 g/mol. The first-order chi connectivity index (χ1) is 12.1. The summed E-state index contributed by atoms with van der Waals surface area (Å²) in [4.78, 5) is 14.7. The highest BCUT2D eigenvalue weighted by molar-refractivity contribution is 6.33. The van der Waals surface area contributed by atoms with E-state index in [1.54, 1.807) is 17.8 Å². The Morgan fingerprint density at radius 2 is 1.88 bits per heavy atom. The molecule has 2 aromatic rings. The van der Waals surface area contributed by atoms with Gasteiger partial charge in [0, 0.05) is 38.5 Å². The second-order valence-corrected chi connectivity index (χ2v) is 6.83. The van der Waals surface area contributed by atoms with E-state index in [1.165, 1.54) is 0 Å². The molecule has 2 aliphatic heterocycles. The lowest BCUT2D eigenvalue weighted by atomic mass is 10.0. The molecule has 0 unspecified atom stereocenters. The molecule has 3 heterocycles. The lowest BCUT2D eigenvalue weighted by molar-refractivity contribution is -0.181. The minimum atomic E-state index is -0.480. The number of aryl methyl sites for hydroxylation is 1. The highest BCUT2D eigenvalue weighted by Gasteiger charge is 2.41. The molecular formula is C18H20ClN3O3. The molecule has 0 atom stereocenters. The standard InChI is InChI=1S/C18H20ClN3O3/c1-21-16(12-15(20-21)13-4-2-3-5-14(13)19)17(23)22-8-6-18(7-9-22)24-10-11-25-18/h2-5,12H,6-11H2,1H3. The fourth-order valence-electron chi connectivity index (χ4n) is 3.47. The number of ether oxygens (including phenoxy) is 2. The maximum Gasteiger partial charge on any atom is 0.272 e. The van der Waals surface area contributed by atoms with Crippen molar-refractivity contribution in [1.29, 1.82) is 0 Å². The predicted molar refractivity (Wildman–Crippen MR) is 93.4 cm³/mol. The molecule has 132 valence electrons. The summed E-state index contributed by atoms with van der Waals surface area (Å²) in [5, 5.41) is 5.08. The van der Waals surface area contributed by atoms with Crippen molar-refractivity contribution in [3.05, 3.63) is 41.0 Å². The van der Waals surface area contributed by atoms with Crippen molar-refractivity contribution in [1.82, 2.24) is 14.7 Å². The molecule has 0 radical (unpaired) electrons. The van der Waals surface area contributed by atoms with Crippen LogP contribution >= 0.6 is 11.6 Å². The van der Waals surface area contributed by atoms with Crippen molar-refractivity contribution in [3.63, 3.8) is 0 Å². The van der Waals surface area contributed by atoms with E-state index in [-0.39, 0.29) is 5.91 Å². The van der Waals surface area contributed by atoms with Gasteiger partial charge in [-0.05, 0) is 12.1 Å². The van der Waals surface area contributed by atoms with Crippen molar-refractivity contribution < 1.29 is 14.3 Å². The van der Waals surface area contributed by atoms with Gasteiger partial charge >= 0.3 is 0 Å². The van der Waals surface area contributed by atoms with Gasteiger partial charge in [-0.25, -0.2) is 0 Å². The van der Waals surface area contributed by atoms with Crippen molar-refractivity contribution in [3.8, 4) is 11.3 Å². The number of carbonyl (C=O) groups is 1. The van der Waals surface area contributed by atoms with E-state index in [0.29, 0.717) is 55.6 Å². The monoisotopic (exact) mass is 361 g/mol. The topological polar surface area (TPSA) is 56.6 Å². The third kappa shape index (κ3) is 3.05. The second kappa shape index (κ2) is 6.44. The zero-order valence-electron chi connectivity index (χ0n) is 14.1. The molecule has 1 aromatic carbocycles. The van der Waals surface area contributed by atoms with Crippen LogP contribution in [0.1, 0.15) is 23.3 Å². The molecule has 2 aliphatic rings. The Labute approximate surface area is 151 Å². The average molecular weight is 362 g/mol. The molecule has 7 heteroatoms. The molecule has 0 aliphatic carbocycles. The molecule has 1 aromatic heterocycles. The number of aromatic nitrogens is 2. The molecule has 1 spiro atoms. The number of piperidine rings is 1. The Hall–Kier alpha value is -1.89. The Morgan fingerprint density at radius 3 is 2.56 bits per heavy atom. The van der Waals surface area contributed by atoms with Gasteiger partial charge in [0.2, 0.25) is 0 Å². The van der Waals surface area contributed by atoms with Crippen molar-refractivity contribution in [2.45, 2.75) is 18.6 Å². The van der Waals surface area contributed by atoms with Gasteiger partial charge in [-0.15, -0.1) is 0 Å². The summed E-state index contributed by atoms with van der Waals surface area (Å²) in [7, 11) is 1.78. The van der Waals surface area contributed by atoms with Crippen molar-refractivity contribution in [2.24, 2.45) is 7.05 Å². The smallest absolute Gasteiger partial charge is 0.272 e. The van der Waals surface area contributed by atoms with Gasteiger partial charge < -0.3 is 14.4 Å². The number of hydrogen-bond donors (Lipinski definition) is 0. The summed E-state index contributed by atoms with van der Waals surface area (Å²) in [5.74, 6) is -0.507. The number of hydrogen-bond acceptors (Lipinski definition) is 4. The quantitative estimate of drug-likeness (QED) is 0.825. The van der Waals surface area contributed by atoms with Crippen LogP contribution in [-0.4, -0.2) is 52.7 Å². The van der Waals surface area contributed by atoms with E-state index in [0.717, 1.165) is 5.56 Å². The Morgan fingerprint density at radius 1 is 1.20 bits per heavy atom. The molecule has 0 bridgehead atoms. The van der Waals surface area contributed by atoms with Crippen LogP contribution in [-0.2, 0) is 16.5 Å². The first-order valence-corrected chi connectivity index (χ1v) is 8.82. The number of amides is 1. The number of carbonyl (C=O) groups excluding carboxylic acids is 1. The lowest BCUT2D eigenvalue weighted by Crippen LogP contribution is -2.47. The van der Waals surface area contributed by atoms with Gasteiger partial charge in [-0.3, -0.25) is 9.48 Å². The molecule has 0 N–H and O–H groups in total. The molecule has 2 saturated heterocycles. The van der Waals surface area contributed by atoms with E-state index in [2.05, 4.69) is 5.10 Å². The van der Waals surface area contributed by atoms with Gasteiger partial charge in [0.05, 0.1) is 23.9 Å². The van der Waals surface area contributed by atoms with Crippen LogP contribution in [0.2, 0.25) is 5.02 Å². The van der Waals surface area contributed by atoms with Gasteiger partial charge in [-0.1, -0.05) is 29.8 Å². The number of likely N-dealkylation sites (tertiary alicyclic amines) is 1. The molecule has 6 nitrogen and oxygen atoms in total. The van der Waals surface area contributed by atoms with Crippen LogP contribution in [0.25, 0.3) is 11.3 Å². The van der Waals surface area contributed by atoms with E-state index >= 15 is 0 Å². The molecule has 2 fully saturated rings. The number of halogens is 1. The van der Waals surface area contributed by atoms with E-state index in [4.69, 9.17) is 21.1 Å². The molecule has 25 heavy (non-hydrogen) atoms. The summed E-state index contributed by atoms with van der Waals surface area (Å²) in [6.45, 7) is 2.50. The fraction of sp³-hybridized carbons (Fsp3) is 0.444. The van der Waals surface area contributed by atoms with Crippen LogP contribution in [0.4, 0.5) is 0 Å². The Kier molecular flexibility index (Phi) is 4.27. The molecule has 0 saturated carbocycles. The maximum absolute atomic E-state index is 12.9. The highest BCUT2D eigenvalue weighted by Crippen LogP contribution is 2.32.